The molecule has 1 aliphatic carbocycles. The molecular formula is C20H21ClN2O5S. The summed E-state index contributed by atoms with van der Waals surface area (Å²) in [5, 5.41) is 2.74. The van der Waals surface area contributed by atoms with Gasteiger partial charge in [-0.05, 0) is 36.6 Å². The molecule has 1 saturated carbocycles. The molecule has 1 N–H and O–H groups in total. The van der Waals surface area contributed by atoms with Gasteiger partial charge in [0.1, 0.15) is 0 Å². The molecule has 2 aromatic rings. The Bertz CT molecular complexity index is 1010. The first-order valence-electron chi connectivity index (χ1n) is 9.03. The average Bonchev–Trinajstić information content (AvgIpc) is 3.51. The van der Waals surface area contributed by atoms with Crippen LogP contribution in [0.15, 0.2) is 53.4 Å². The van der Waals surface area contributed by atoms with Crippen molar-refractivity contribution in [1.29, 1.82) is 0 Å². The van der Waals surface area contributed by atoms with Crippen molar-refractivity contribution in [3.63, 3.8) is 0 Å². The molecule has 154 valence electrons. The van der Waals surface area contributed by atoms with Crippen LogP contribution in [0.2, 0.25) is 5.02 Å². The second kappa shape index (κ2) is 8.94. The number of sulfonamides is 1. The van der Waals surface area contributed by atoms with Gasteiger partial charge in [-0.25, -0.2) is 13.2 Å². The van der Waals surface area contributed by atoms with E-state index in [2.05, 4.69) is 5.32 Å². The van der Waals surface area contributed by atoms with E-state index in [9.17, 15) is 18.0 Å². The molecule has 0 radical (unpaired) electrons. The van der Waals surface area contributed by atoms with E-state index in [0.29, 0.717) is 0 Å². The first-order chi connectivity index (χ1) is 13.8. The van der Waals surface area contributed by atoms with Crippen LogP contribution in [0.4, 0.5) is 0 Å². The number of ether oxygens (including phenoxy) is 1. The summed E-state index contributed by atoms with van der Waals surface area (Å²) in [7, 11) is -2.41. The first-order valence-corrected chi connectivity index (χ1v) is 10.9. The number of benzene rings is 2. The Morgan fingerprint density at radius 3 is 2.52 bits per heavy atom. The maximum atomic E-state index is 12.9. The van der Waals surface area contributed by atoms with Crippen LogP contribution in [0.1, 0.15) is 28.8 Å². The van der Waals surface area contributed by atoms with Crippen molar-refractivity contribution in [3.8, 4) is 0 Å². The number of rotatable bonds is 8. The van der Waals surface area contributed by atoms with Gasteiger partial charge < -0.3 is 10.1 Å². The number of halogens is 1. The highest BCUT2D eigenvalue weighted by Gasteiger charge is 2.26. The van der Waals surface area contributed by atoms with Gasteiger partial charge in [0.2, 0.25) is 10.0 Å². The number of esters is 1. The number of amides is 1. The maximum absolute atomic E-state index is 12.9. The highest BCUT2D eigenvalue weighted by Crippen LogP contribution is 2.24. The van der Waals surface area contributed by atoms with Crippen LogP contribution >= 0.6 is 11.6 Å². The molecule has 1 amide bonds. The van der Waals surface area contributed by atoms with Crippen LogP contribution in [0.5, 0.6) is 0 Å². The van der Waals surface area contributed by atoms with Crippen molar-refractivity contribution < 1.29 is 22.7 Å². The molecule has 0 aliphatic heterocycles. The van der Waals surface area contributed by atoms with Crippen molar-refractivity contribution in [2.45, 2.75) is 30.3 Å². The lowest BCUT2D eigenvalue weighted by Crippen LogP contribution is -2.30. The minimum Gasteiger partial charge on any atom is -0.452 e. The lowest BCUT2D eigenvalue weighted by molar-refractivity contribution is -0.124. The molecule has 0 unspecified atom stereocenters. The molecule has 9 heteroatoms. The zero-order chi connectivity index (χ0) is 21.0. The quantitative estimate of drug-likeness (QED) is 0.642. The molecule has 0 bridgehead atoms. The monoisotopic (exact) mass is 436 g/mol. The largest absolute Gasteiger partial charge is 0.452 e. The van der Waals surface area contributed by atoms with Crippen molar-refractivity contribution in [2.75, 3.05) is 13.7 Å². The smallest absolute Gasteiger partial charge is 0.340 e. The summed E-state index contributed by atoms with van der Waals surface area (Å²) in [6.45, 7) is -0.274. The van der Waals surface area contributed by atoms with E-state index >= 15 is 0 Å². The Morgan fingerprint density at radius 1 is 1.17 bits per heavy atom. The summed E-state index contributed by atoms with van der Waals surface area (Å²) in [6.07, 6.45) is 1.84. The molecule has 2 aromatic carbocycles. The van der Waals surface area contributed by atoms with E-state index in [4.69, 9.17) is 16.3 Å². The highest BCUT2D eigenvalue weighted by atomic mass is 35.5. The van der Waals surface area contributed by atoms with Gasteiger partial charge in [0, 0.05) is 19.6 Å². The van der Waals surface area contributed by atoms with Crippen LogP contribution in [0.3, 0.4) is 0 Å². The van der Waals surface area contributed by atoms with Gasteiger partial charge in [0.05, 0.1) is 15.5 Å². The van der Waals surface area contributed by atoms with Gasteiger partial charge in [0.15, 0.2) is 6.61 Å². The summed E-state index contributed by atoms with van der Waals surface area (Å²) in [4.78, 5) is 23.9. The second-order valence-corrected chi connectivity index (χ2v) is 9.26. The molecule has 0 saturated heterocycles. The van der Waals surface area contributed by atoms with Crippen LogP contribution in [0, 0.1) is 0 Å². The highest BCUT2D eigenvalue weighted by molar-refractivity contribution is 7.89. The van der Waals surface area contributed by atoms with Gasteiger partial charge >= 0.3 is 5.97 Å². The Balaban J connectivity index is 1.72. The van der Waals surface area contributed by atoms with E-state index in [1.807, 2.05) is 30.3 Å². The topological polar surface area (TPSA) is 92.8 Å². The number of hydrogen-bond donors (Lipinski definition) is 1. The van der Waals surface area contributed by atoms with Gasteiger partial charge in [-0.15, -0.1) is 0 Å². The number of hydrogen-bond acceptors (Lipinski definition) is 5. The lowest BCUT2D eigenvalue weighted by Gasteiger charge is -2.18. The summed E-state index contributed by atoms with van der Waals surface area (Å²) in [6, 6.07) is 13.1. The minimum absolute atomic E-state index is 0.0438. The van der Waals surface area contributed by atoms with Crippen LogP contribution in [0.25, 0.3) is 0 Å². The van der Waals surface area contributed by atoms with Gasteiger partial charge in [-0.1, -0.05) is 41.9 Å². The number of nitrogens with zero attached hydrogens (tertiary/aromatic N) is 1. The van der Waals surface area contributed by atoms with Crippen molar-refractivity contribution >= 4 is 33.5 Å². The van der Waals surface area contributed by atoms with E-state index in [0.717, 1.165) is 18.4 Å². The van der Waals surface area contributed by atoms with Gasteiger partial charge in [-0.2, -0.15) is 4.31 Å². The van der Waals surface area contributed by atoms with Crippen molar-refractivity contribution in [1.82, 2.24) is 9.62 Å². The minimum atomic E-state index is -3.86. The molecule has 1 aliphatic rings. The Labute approximate surface area is 174 Å². The molecule has 1 fully saturated rings. The second-order valence-electron chi connectivity index (χ2n) is 6.81. The van der Waals surface area contributed by atoms with Crippen molar-refractivity contribution in [2.24, 2.45) is 0 Å². The predicted molar refractivity (Wildman–Crippen MR) is 108 cm³/mol. The standard InChI is InChI=1S/C20H21ClN2O5S/c1-23(12-14-5-3-2-4-6-14)29(26,27)16-9-10-18(21)17(11-16)20(25)28-13-19(24)22-15-7-8-15/h2-6,9-11,15H,7-8,12-13H2,1H3,(H,22,24). The molecule has 3 rings (SSSR count). The summed E-state index contributed by atoms with van der Waals surface area (Å²) in [5.41, 5.74) is 0.717. The zero-order valence-corrected chi connectivity index (χ0v) is 17.4. The van der Waals surface area contributed by atoms with E-state index in [-0.39, 0.29) is 28.1 Å². The van der Waals surface area contributed by atoms with Crippen molar-refractivity contribution in [3.05, 3.63) is 64.7 Å². The van der Waals surface area contributed by atoms with Gasteiger partial charge in [0.25, 0.3) is 5.91 Å². The lowest BCUT2D eigenvalue weighted by atomic mass is 10.2. The molecule has 7 nitrogen and oxygen atoms in total. The fraction of sp³-hybridized carbons (Fsp3) is 0.300. The molecular weight excluding hydrogens is 416 g/mol. The number of carbonyl (C=O) groups is 2. The Kier molecular flexibility index (Phi) is 6.56. The maximum Gasteiger partial charge on any atom is 0.340 e. The van der Waals surface area contributed by atoms with E-state index in [1.165, 1.54) is 29.6 Å². The van der Waals surface area contributed by atoms with Gasteiger partial charge in [-0.3, -0.25) is 4.79 Å². The molecule has 0 heterocycles. The third-order valence-corrected chi connectivity index (χ3v) is 6.52. The first kappa shape index (κ1) is 21.3. The SMILES string of the molecule is CN(Cc1ccccc1)S(=O)(=O)c1ccc(Cl)c(C(=O)OCC(=O)NC2CC2)c1. The molecule has 0 atom stereocenters. The third kappa shape index (κ3) is 5.56. The predicted octanol–water partition coefficient (Wildman–Crippen LogP) is 2.60. The molecule has 0 spiro atoms. The number of nitrogens with one attached hydrogen (secondary N) is 1. The van der Waals surface area contributed by atoms with Crippen LogP contribution < -0.4 is 5.32 Å². The summed E-state index contributed by atoms with van der Waals surface area (Å²) < 4.78 is 31.9. The fourth-order valence-corrected chi connectivity index (χ4v) is 4.01. The molecule has 29 heavy (non-hydrogen) atoms. The van der Waals surface area contributed by atoms with Crippen LogP contribution in [-0.2, 0) is 26.1 Å². The fourth-order valence-electron chi connectivity index (χ4n) is 2.63. The van der Waals surface area contributed by atoms with E-state index < -0.39 is 28.5 Å². The Morgan fingerprint density at radius 2 is 1.86 bits per heavy atom. The normalized spacial score (nSPS) is 13.9. The third-order valence-electron chi connectivity index (χ3n) is 4.39. The van der Waals surface area contributed by atoms with Crippen LogP contribution in [-0.4, -0.2) is 44.3 Å². The number of carbonyl (C=O) groups excluding carboxylic acids is 2. The van der Waals surface area contributed by atoms with E-state index in [1.54, 1.807) is 0 Å². The average molecular weight is 437 g/mol. The Hall–Kier alpha value is -2.42. The summed E-state index contributed by atoms with van der Waals surface area (Å²) >= 11 is 6.05. The molecule has 0 aromatic heterocycles. The zero-order valence-electron chi connectivity index (χ0n) is 15.8. The summed E-state index contributed by atoms with van der Waals surface area (Å²) in [5.74, 6) is -1.26.